The van der Waals surface area contributed by atoms with E-state index in [0.717, 1.165) is 11.8 Å². The van der Waals surface area contributed by atoms with Crippen LogP contribution in [0.4, 0.5) is 4.79 Å². The van der Waals surface area contributed by atoms with Crippen LogP contribution in [0.3, 0.4) is 0 Å². The second-order valence-corrected chi connectivity index (χ2v) is 5.58. The van der Waals surface area contributed by atoms with Gasteiger partial charge in [0.2, 0.25) is 0 Å². The van der Waals surface area contributed by atoms with Gasteiger partial charge in [0.1, 0.15) is 0 Å². The van der Waals surface area contributed by atoms with Gasteiger partial charge in [-0.1, -0.05) is 12.1 Å². The molecule has 0 saturated carbocycles. The number of rotatable bonds is 4. The molecule has 94 valence electrons. The molecule has 17 heavy (non-hydrogen) atoms. The van der Waals surface area contributed by atoms with Gasteiger partial charge in [0, 0.05) is 12.8 Å². The molecule has 0 radical (unpaired) electrons. The molecule has 0 bridgehead atoms. The minimum atomic E-state index is -3.15. The highest BCUT2D eigenvalue weighted by Gasteiger charge is 2.05. The zero-order chi connectivity index (χ0) is 12.9. The van der Waals surface area contributed by atoms with Gasteiger partial charge >= 0.3 is 6.03 Å². The van der Waals surface area contributed by atoms with Gasteiger partial charge in [0.05, 0.1) is 4.90 Å². The Morgan fingerprint density at radius 1 is 1.29 bits per heavy atom. The van der Waals surface area contributed by atoms with E-state index in [1.165, 1.54) is 0 Å². The summed E-state index contributed by atoms with van der Waals surface area (Å²) >= 11 is 0. The summed E-state index contributed by atoms with van der Waals surface area (Å²) in [6.45, 7) is 0.432. The smallest absolute Gasteiger partial charge is 0.328 e. The summed E-state index contributed by atoms with van der Waals surface area (Å²) in [4.78, 5) is 11.0. The number of urea groups is 1. The van der Waals surface area contributed by atoms with Crippen LogP contribution in [-0.4, -0.2) is 27.2 Å². The molecule has 0 heterocycles. The summed E-state index contributed by atoms with van der Waals surface area (Å²) in [7, 11) is -3.15. The standard InChI is InChI=1S/C10H15N3O3S/c1-17(15,16)9-4-2-8(3-5-9)6-7-12-10(14)13-11/h2-5H,6-7,11H2,1H3,(H2,12,13,14). The number of carbonyl (C=O) groups is 1. The minimum Gasteiger partial charge on any atom is -0.337 e. The monoisotopic (exact) mass is 257 g/mol. The lowest BCUT2D eigenvalue weighted by Gasteiger charge is -2.05. The van der Waals surface area contributed by atoms with E-state index in [-0.39, 0.29) is 4.90 Å². The van der Waals surface area contributed by atoms with Gasteiger partial charge in [-0.05, 0) is 24.1 Å². The molecule has 0 spiro atoms. The number of sulfone groups is 1. The molecule has 6 nitrogen and oxygen atoms in total. The third-order valence-corrected chi connectivity index (χ3v) is 3.31. The lowest BCUT2D eigenvalue weighted by molar-refractivity contribution is 0.241. The predicted molar refractivity (Wildman–Crippen MR) is 64.0 cm³/mol. The van der Waals surface area contributed by atoms with Gasteiger partial charge in [0.15, 0.2) is 9.84 Å². The van der Waals surface area contributed by atoms with Crippen LogP contribution in [0.2, 0.25) is 0 Å². The first-order valence-electron chi connectivity index (χ1n) is 4.97. The largest absolute Gasteiger partial charge is 0.337 e. The Kier molecular flexibility index (Phi) is 4.47. The normalized spacial score (nSPS) is 10.9. The highest BCUT2D eigenvalue weighted by molar-refractivity contribution is 7.90. The van der Waals surface area contributed by atoms with E-state index in [1.54, 1.807) is 24.3 Å². The molecule has 0 fully saturated rings. The van der Waals surface area contributed by atoms with Crippen LogP contribution >= 0.6 is 0 Å². The van der Waals surface area contributed by atoms with E-state index in [0.29, 0.717) is 13.0 Å². The van der Waals surface area contributed by atoms with Crippen molar-refractivity contribution in [2.24, 2.45) is 5.84 Å². The van der Waals surface area contributed by atoms with Gasteiger partial charge in [-0.3, -0.25) is 5.43 Å². The molecule has 7 heteroatoms. The Bertz CT molecular complexity index is 482. The first kappa shape index (κ1) is 13.5. The van der Waals surface area contributed by atoms with Crippen molar-refractivity contribution in [2.75, 3.05) is 12.8 Å². The quantitative estimate of drug-likeness (QED) is 0.395. The van der Waals surface area contributed by atoms with Crippen LogP contribution in [0.25, 0.3) is 0 Å². The van der Waals surface area contributed by atoms with E-state index in [9.17, 15) is 13.2 Å². The zero-order valence-electron chi connectivity index (χ0n) is 9.43. The second kappa shape index (κ2) is 5.65. The molecule has 1 rings (SSSR count). The summed E-state index contributed by atoms with van der Waals surface area (Å²) < 4.78 is 22.4. The first-order chi connectivity index (χ1) is 7.93. The zero-order valence-corrected chi connectivity index (χ0v) is 10.3. The third kappa shape index (κ3) is 4.41. The molecule has 0 atom stereocenters. The van der Waals surface area contributed by atoms with E-state index < -0.39 is 15.9 Å². The number of hydrogen-bond donors (Lipinski definition) is 3. The summed E-state index contributed by atoms with van der Waals surface area (Å²) in [6.07, 6.45) is 1.77. The van der Waals surface area contributed by atoms with Gasteiger partial charge < -0.3 is 5.32 Å². The average molecular weight is 257 g/mol. The number of benzene rings is 1. The lowest BCUT2D eigenvalue weighted by Crippen LogP contribution is -2.40. The maximum Gasteiger partial charge on any atom is 0.328 e. The topological polar surface area (TPSA) is 101 Å². The van der Waals surface area contributed by atoms with Crippen LogP contribution in [0, 0.1) is 0 Å². The van der Waals surface area contributed by atoms with E-state index >= 15 is 0 Å². The van der Waals surface area contributed by atoms with Crippen LogP contribution in [0.15, 0.2) is 29.2 Å². The SMILES string of the molecule is CS(=O)(=O)c1ccc(CCNC(=O)NN)cc1. The second-order valence-electron chi connectivity index (χ2n) is 3.57. The van der Waals surface area contributed by atoms with Crippen molar-refractivity contribution >= 4 is 15.9 Å². The molecule has 0 aliphatic carbocycles. The predicted octanol–water partition coefficient (Wildman–Crippen LogP) is -0.194. The number of amides is 2. The number of nitrogens with two attached hydrogens (primary N) is 1. The molecular weight excluding hydrogens is 242 g/mol. The van der Waals surface area contributed by atoms with Gasteiger partial charge in [-0.2, -0.15) is 0 Å². The number of hydrazine groups is 1. The van der Waals surface area contributed by atoms with Crippen molar-refractivity contribution in [1.82, 2.24) is 10.7 Å². The first-order valence-corrected chi connectivity index (χ1v) is 6.86. The Labute approximate surface area is 100 Å². The minimum absolute atomic E-state index is 0.286. The van der Waals surface area contributed by atoms with Crippen molar-refractivity contribution in [1.29, 1.82) is 0 Å². The number of nitrogens with one attached hydrogen (secondary N) is 2. The van der Waals surface area contributed by atoms with Crippen molar-refractivity contribution in [2.45, 2.75) is 11.3 Å². The highest BCUT2D eigenvalue weighted by Crippen LogP contribution is 2.10. The fraction of sp³-hybridized carbons (Fsp3) is 0.300. The lowest BCUT2D eigenvalue weighted by atomic mass is 10.1. The molecule has 0 unspecified atom stereocenters. The van der Waals surface area contributed by atoms with Crippen molar-refractivity contribution in [3.05, 3.63) is 29.8 Å². The van der Waals surface area contributed by atoms with E-state index in [2.05, 4.69) is 5.32 Å². The molecule has 4 N–H and O–H groups in total. The maximum absolute atomic E-state index is 11.2. The van der Waals surface area contributed by atoms with Crippen molar-refractivity contribution < 1.29 is 13.2 Å². The molecule has 0 aliphatic rings. The molecule has 2 amide bonds. The molecule has 0 aliphatic heterocycles. The van der Waals surface area contributed by atoms with E-state index in [1.807, 2.05) is 5.43 Å². The molecule has 0 aromatic heterocycles. The number of carbonyl (C=O) groups excluding carboxylic acids is 1. The summed E-state index contributed by atoms with van der Waals surface area (Å²) in [5.74, 6) is 4.89. The summed E-state index contributed by atoms with van der Waals surface area (Å²) in [5, 5.41) is 2.53. The van der Waals surface area contributed by atoms with Crippen LogP contribution < -0.4 is 16.6 Å². The van der Waals surface area contributed by atoms with Gasteiger partial charge in [-0.25, -0.2) is 19.1 Å². The van der Waals surface area contributed by atoms with Crippen LogP contribution in [-0.2, 0) is 16.3 Å². The summed E-state index contributed by atoms with van der Waals surface area (Å²) in [5.41, 5.74) is 2.89. The number of hydrogen-bond acceptors (Lipinski definition) is 4. The van der Waals surface area contributed by atoms with E-state index in [4.69, 9.17) is 5.84 Å². The Morgan fingerprint density at radius 3 is 2.35 bits per heavy atom. The Morgan fingerprint density at radius 2 is 1.88 bits per heavy atom. The molecule has 0 saturated heterocycles. The summed E-state index contributed by atoms with van der Waals surface area (Å²) in [6, 6.07) is 6.09. The Balaban J connectivity index is 2.55. The molecule has 1 aromatic rings. The average Bonchev–Trinajstić information content (AvgIpc) is 2.28. The van der Waals surface area contributed by atoms with Crippen molar-refractivity contribution in [3.8, 4) is 0 Å². The Hall–Kier alpha value is -1.60. The van der Waals surface area contributed by atoms with Crippen molar-refractivity contribution in [3.63, 3.8) is 0 Å². The van der Waals surface area contributed by atoms with Crippen LogP contribution in [0.1, 0.15) is 5.56 Å². The fourth-order valence-electron chi connectivity index (χ4n) is 1.27. The van der Waals surface area contributed by atoms with Crippen LogP contribution in [0.5, 0.6) is 0 Å². The van der Waals surface area contributed by atoms with Gasteiger partial charge in [0.25, 0.3) is 0 Å². The van der Waals surface area contributed by atoms with Gasteiger partial charge in [-0.15, -0.1) is 0 Å². The highest BCUT2D eigenvalue weighted by atomic mass is 32.2. The molecular formula is C10H15N3O3S. The third-order valence-electron chi connectivity index (χ3n) is 2.18. The fourth-order valence-corrected chi connectivity index (χ4v) is 1.91. The maximum atomic E-state index is 11.2. The molecule has 1 aromatic carbocycles.